The topological polar surface area (TPSA) is 32.3 Å². The number of nitrogens with zero attached hydrogens (tertiary/aromatic N) is 4. The fourth-order valence-corrected chi connectivity index (χ4v) is 2.98. The molecule has 0 aliphatic carbocycles. The first-order chi connectivity index (χ1) is 11.2. The molecule has 0 saturated heterocycles. The second kappa shape index (κ2) is 5.39. The highest BCUT2D eigenvalue weighted by atomic mass is 15.4. The van der Waals surface area contributed by atoms with E-state index in [1.165, 1.54) is 5.56 Å². The van der Waals surface area contributed by atoms with Gasteiger partial charge in [-0.2, -0.15) is 0 Å². The zero-order valence-corrected chi connectivity index (χ0v) is 13.3. The summed E-state index contributed by atoms with van der Waals surface area (Å²) in [7, 11) is 2.07. The number of rotatable bonds is 2. The molecule has 0 atom stereocenters. The van der Waals surface area contributed by atoms with Crippen LogP contribution in [0.4, 0.5) is 17.2 Å². The maximum absolute atomic E-state index is 4.81. The summed E-state index contributed by atoms with van der Waals surface area (Å²) in [6, 6.07) is 18.6. The van der Waals surface area contributed by atoms with Crippen molar-refractivity contribution in [3.05, 3.63) is 66.4 Å². The van der Waals surface area contributed by atoms with E-state index in [9.17, 15) is 0 Å². The van der Waals surface area contributed by atoms with E-state index < -0.39 is 0 Å². The average Bonchev–Trinajstić information content (AvgIpc) is 2.93. The van der Waals surface area contributed by atoms with Gasteiger partial charge in [0.1, 0.15) is 5.69 Å². The van der Waals surface area contributed by atoms with E-state index in [1.807, 2.05) is 24.4 Å². The Morgan fingerprint density at radius 1 is 0.957 bits per heavy atom. The molecule has 0 saturated carbocycles. The number of aryl methyl sites for hydroxylation is 1. The van der Waals surface area contributed by atoms with E-state index in [4.69, 9.17) is 4.98 Å². The van der Waals surface area contributed by atoms with Crippen LogP contribution < -0.4 is 9.80 Å². The Kier molecular flexibility index (Phi) is 3.23. The minimum atomic E-state index is 0.781. The summed E-state index contributed by atoms with van der Waals surface area (Å²) >= 11 is 0. The van der Waals surface area contributed by atoms with E-state index in [-0.39, 0.29) is 0 Å². The van der Waals surface area contributed by atoms with Crippen LogP contribution >= 0.6 is 0 Å². The quantitative estimate of drug-likeness (QED) is 0.716. The molecule has 4 rings (SSSR count). The molecule has 114 valence electrons. The van der Waals surface area contributed by atoms with E-state index in [2.05, 4.69) is 65.2 Å². The van der Waals surface area contributed by atoms with Gasteiger partial charge < -0.3 is 9.80 Å². The summed E-state index contributed by atoms with van der Waals surface area (Å²) in [4.78, 5) is 13.8. The van der Waals surface area contributed by atoms with Crippen LogP contribution in [0, 0.1) is 6.92 Å². The number of benzene rings is 2. The molecular weight excluding hydrogens is 284 g/mol. The van der Waals surface area contributed by atoms with Gasteiger partial charge in [0.05, 0.1) is 12.9 Å². The lowest BCUT2D eigenvalue weighted by Crippen LogP contribution is -2.24. The molecule has 0 spiro atoms. The number of anilines is 3. The third-order valence-corrected chi connectivity index (χ3v) is 4.21. The molecule has 23 heavy (non-hydrogen) atoms. The van der Waals surface area contributed by atoms with Crippen LogP contribution in [0.2, 0.25) is 0 Å². The standard InChI is InChI=1S/C19H18N4/c1-14-8-6-7-11-16(14)18-20-12-17-19(21-18)22(2)13-23(17)15-9-4-3-5-10-15/h3-12H,13H2,1-2H3. The van der Waals surface area contributed by atoms with Gasteiger partial charge in [0.25, 0.3) is 0 Å². The summed E-state index contributed by atoms with van der Waals surface area (Å²) in [6.07, 6.45) is 1.93. The molecule has 0 bridgehead atoms. The van der Waals surface area contributed by atoms with Crippen LogP contribution in [-0.4, -0.2) is 23.7 Å². The Morgan fingerprint density at radius 2 is 1.70 bits per heavy atom. The lowest BCUT2D eigenvalue weighted by Gasteiger charge is -2.18. The third-order valence-electron chi connectivity index (χ3n) is 4.21. The fraction of sp³-hybridized carbons (Fsp3) is 0.158. The Balaban J connectivity index is 1.78. The van der Waals surface area contributed by atoms with E-state index >= 15 is 0 Å². The Bertz CT molecular complexity index is 845. The zero-order chi connectivity index (χ0) is 15.8. The summed E-state index contributed by atoms with van der Waals surface area (Å²) in [6.45, 7) is 2.87. The highest BCUT2D eigenvalue weighted by molar-refractivity contribution is 5.80. The number of hydrogen-bond acceptors (Lipinski definition) is 4. The first-order valence-corrected chi connectivity index (χ1v) is 7.71. The third kappa shape index (κ3) is 2.32. The largest absolute Gasteiger partial charge is 0.340 e. The molecule has 2 aromatic carbocycles. The molecule has 1 aliphatic heterocycles. The minimum absolute atomic E-state index is 0.781. The van der Waals surface area contributed by atoms with Crippen molar-refractivity contribution in [2.24, 2.45) is 0 Å². The average molecular weight is 302 g/mol. The monoisotopic (exact) mass is 302 g/mol. The van der Waals surface area contributed by atoms with Crippen molar-refractivity contribution < 1.29 is 0 Å². The number of hydrogen-bond donors (Lipinski definition) is 0. The van der Waals surface area contributed by atoms with E-state index in [0.29, 0.717) is 0 Å². The van der Waals surface area contributed by atoms with Gasteiger partial charge in [-0.3, -0.25) is 0 Å². The molecule has 1 aromatic heterocycles. The van der Waals surface area contributed by atoms with Gasteiger partial charge in [-0.15, -0.1) is 0 Å². The minimum Gasteiger partial charge on any atom is -0.340 e. The van der Waals surface area contributed by atoms with Gasteiger partial charge >= 0.3 is 0 Å². The van der Waals surface area contributed by atoms with E-state index in [1.54, 1.807) is 0 Å². The summed E-state index contributed by atoms with van der Waals surface area (Å²) in [5, 5.41) is 0. The molecule has 0 N–H and O–H groups in total. The lowest BCUT2D eigenvalue weighted by atomic mass is 10.1. The predicted molar refractivity (Wildman–Crippen MR) is 94.1 cm³/mol. The number of fused-ring (bicyclic) bond motifs is 1. The van der Waals surface area contributed by atoms with Gasteiger partial charge in [-0.25, -0.2) is 9.97 Å². The molecule has 0 fully saturated rings. The summed E-state index contributed by atoms with van der Waals surface area (Å²) in [5.41, 5.74) is 4.48. The van der Waals surface area contributed by atoms with Crippen molar-refractivity contribution in [1.82, 2.24) is 9.97 Å². The van der Waals surface area contributed by atoms with E-state index in [0.717, 1.165) is 35.2 Å². The van der Waals surface area contributed by atoms with Gasteiger partial charge in [0, 0.05) is 18.3 Å². The van der Waals surface area contributed by atoms with Crippen LogP contribution in [0.5, 0.6) is 0 Å². The van der Waals surface area contributed by atoms with Gasteiger partial charge in [-0.1, -0.05) is 42.5 Å². The molecule has 4 heteroatoms. The van der Waals surface area contributed by atoms with Gasteiger partial charge in [0.2, 0.25) is 0 Å². The highest BCUT2D eigenvalue weighted by Crippen LogP contribution is 2.38. The molecular formula is C19H18N4. The fourth-order valence-electron chi connectivity index (χ4n) is 2.98. The van der Waals surface area contributed by atoms with Gasteiger partial charge in [-0.05, 0) is 24.6 Å². The molecule has 0 amide bonds. The van der Waals surface area contributed by atoms with Crippen LogP contribution in [0.15, 0.2) is 60.8 Å². The van der Waals surface area contributed by atoms with Crippen molar-refractivity contribution in [1.29, 1.82) is 0 Å². The zero-order valence-electron chi connectivity index (χ0n) is 13.3. The van der Waals surface area contributed by atoms with Crippen LogP contribution in [-0.2, 0) is 0 Å². The molecule has 0 radical (unpaired) electrons. The molecule has 0 unspecified atom stereocenters. The Hall–Kier alpha value is -2.88. The van der Waals surface area contributed by atoms with Crippen LogP contribution in [0.25, 0.3) is 11.4 Å². The summed E-state index contributed by atoms with van der Waals surface area (Å²) in [5.74, 6) is 1.76. The first-order valence-electron chi connectivity index (χ1n) is 7.71. The van der Waals surface area contributed by atoms with Crippen molar-refractivity contribution in [2.45, 2.75) is 6.92 Å². The highest BCUT2D eigenvalue weighted by Gasteiger charge is 2.27. The molecule has 2 heterocycles. The Labute approximate surface area is 136 Å². The van der Waals surface area contributed by atoms with Crippen LogP contribution in [0.1, 0.15) is 5.56 Å². The van der Waals surface area contributed by atoms with Gasteiger partial charge in [0.15, 0.2) is 11.6 Å². The van der Waals surface area contributed by atoms with Crippen molar-refractivity contribution in [3.63, 3.8) is 0 Å². The molecule has 4 nitrogen and oxygen atoms in total. The SMILES string of the molecule is Cc1ccccc1-c1ncc2c(n1)N(C)CN2c1ccccc1. The normalized spacial score (nSPS) is 13.3. The smallest absolute Gasteiger partial charge is 0.161 e. The van der Waals surface area contributed by atoms with Crippen molar-refractivity contribution in [2.75, 3.05) is 23.5 Å². The second-order valence-corrected chi connectivity index (χ2v) is 5.82. The number of para-hydroxylation sites is 1. The second-order valence-electron chi connectivity index (χ2n) is 5.82. The summed E-state index contributed by atoms with van der Waals surface area (Å²) < 4.78 is 0. The number of aromatic nitrogens is 2. The van der Waals surface area contributed by atoms with Crippen molar-refractivity contribution in [3.8, 4) is 11.4 Å². The Morgan fingerprint density at radius 3 is 2.48 bits per heavy atom. The van der Waals surface area contributed by atoms with Crippen LogP contribution in [0.3, 0.4) is 0 Å². The maximum atomic E-state index is 4.81. The molecule has 1 aliphatic rings. The first kappa shape index (κ1) is 13.8. The predicted octanol–water partition coefficient (Wildman–Crippen LogP) is 4.00. The van der Waals surface area contributed by atoms with Crippen molar-refractivity contribution >= 4 is 17.2 Å². The lowest BCUT2D eigenvalue weighted by molar-refractivity contribution is 0.938. The molecule has 3 aromatic rings. The maximum Gasteiger partial charge on any atom is 0.161 e.